The predicted molar refractivity (Wildman–Crippen MR) is 148 cm³/mol. The molecule has 0 radical (unpaired) electrons. The van der Waals surface area contributed by atoms with Gasteiger partial charge in [-0.3, -0.25) is 14.4 Å². The molecular weight excluding hydrogens is 512 g/mol. The van der Waals surface area contributed by atoms with E-state index in [1.807, 2.05) is 0 Å². The Morgan fingerprint density at radius 3 is 2.23 bits per heavy atom. The zero-order valence-corrected chi connectivity index (χ0v) is 23.9. The maximum Gasteiger partial charge on any atom is 0.209 e. The normalized spacial score (nSPS) is 33.3. The fourth-order valence-electron chi connectivity index (χ4n) is 8.10. The highest BCUT2D eigenvalue weighted by molar-refractivity contribution is 6.25. The van der Waals surface area contributed by atoms with Crippen LogP contribution in [0.15, 0.2) is 47.1 Å². The lowest BCUT2D eigenvalue weighted by Gasteiger charge is -2.65. The van der Waals surface area contributed by atoms with Crippen molar-refractivity contribution in [2.45, 2.75) is 66.4 Å². The molecule has 8 nitrogen and oxygen atoms in total. The molecule has 4 rings (SSSR count). The number of aromatic hydroxyl groups is 1. The Hall–Kier alpha value is -3.74. The summed E-state index contributed by atoms with van der Waals surface area (Å²) in [6.07, 6.45) is 1.20. The molecule has 0 spiro atoms. The van der Waals surface area contributed by atoms with Gasteiger partial charge in [0.1, 0.15) is 28.6 Å². The van der Waals surface area contributed by atoms with Crippen molar-refractivity contribution in [1.29, 1.82) is 0 Å². The van der Waals surface area contributed by atoms with Crippen LogP contribution < -0.4 is 0 Å². The van der Waals surface area contributed by atoms with E-state index in [1.165, 1.54) is 19.9 Å². The number of benzene rings is 1. The van der Waals surface area contributed by atoms with Crippen LogP contribution in [0.1, 0.15) is 82.3 Å². The fraction of sp³-hybridized carbons (Fsp3) is 0.469. The van der Waals surface area contributed by atoms with Crippen molar-refractivity contribution in [1.82, 2.24) is 0 Å². The molecule has 0 saturated heterocycles. The maximum atomic E-state index is 14.3. The lowest BCUT2D eigenvalue weighted by atomic mass is 9.38. The van der Waals surface area contributed by atoms with Crippen LogP contribution in [0.4, 0.5) is 0 Å². The Morgan fingerprint density at radius 2 is 1.73 bits per heavy atom. The van der Waals surface area contributed by atoms with Gasteiger partial charge >= 0.3 is 0 Å². The number of ketones is 4. The van der Waals surface area contributed by atoms with E-state index in [9.17, 15) is 39.6 Å². The molecule has 0 saturated carbocycles. The summed E-state index contributed by atoms with van der Waals surface area (Å²) in [5, 5.41) is 46.9. The molecule has 1 aromatic carbocycles. The number of hydrogen-bond acceptors (Lipinski definition) is 8. The van der Waals surface area contributed by atoms with E-state index in [4.69, 9.17) is 0 Å². The Balaban J connectivity index is 2.23. The average molecular weight is 549 g/mol. The summed E-state index contributed by atoms with van der Waals surface area (Å²) in [5.41, 5.74) is -3.61. The predicted octanol–water partition coefficient (Wildman–Crippen LogP) is 4.91. The van der Waals surface area contributed by atoms with Gasteiger partial charge in [0.25, 0.3) is 0 Å². The van der Waals surface area contributed by atoms with Crippen molar-refractivity contribution in [3.63, 3.8) is 0 Å². The summed E-state index contributed by atoms with van der Waals surface area (Å²) in [7, 11) is 0. The van der Waals surface area contributed by atoms with Gasteiger partial charge in [-0.2, -0.15) is 0 Å². The zero-order valence-electron chi connectivity index (χ0n) is 23.9. The Bertz CT molecular complexity index is 1500. The molecule has 4 N–H and O–H groups in total. The zero-order chi connectivity index (χ0) is 30.3. The van der Waals surface area contributed by atoms with Gasteiger partial charge in [-0.05, 0) is 43.2 Å². The molecule has 8 heteroatoms. The van der Waals surface area contributed by atoms with Crippen LogP contribution in [0.3, 0.4) is 0 Å². The SMILES string of the molecule is C=C=Cc1ccc2c(c1O)C(=O)C1=C(O)[C@@]3(O)C(=O)C(C(C)=O)=C(O)C(C(C)C)[C@@]3(C)[C@H](CC(C)=O)[C@@]1(C)[C@@H]2C. The largest absolute Gasteiger partial charge is 0.511 e. The molecule has 0 fully saturated rings. The lowest BCUT2D eigenvalue weighted by molar-refractivity contribution is -0.193. The van der Waals surface area contributed by atoms with Gasteiger partial charge in [-0.15, -0.1) is 5.73 Å². The van der Waals surface area contributed by atoms with E-state index in [2.05, 4.69) is 12.3 Å². The van der Waals surface area contributed by atoms with Gasteiger partial charge < -0.3 is 25.2 Å². The first-order chi connectivity index (χ1) is 18.4. The minimum Gasteiger partial charge on any atom is -0.511 e. The van der Waals surface area contributed by atoms with Crippen molar-refractivity contribution >= 4 is 29.2 Å². The van der Waals surface area contributed by atoms with Crippen LogP contribution in [0, 0.1) is 28.6 Å². The van der Waals surface area contributed by atoms with E-state index in [1.54, 1.807) is 39.8 Å². The van der Waals surface area contributed by atoms with Gasteiger partial charge in [0, 0.05) is 34.3 Å². The first-order valence-electron chi connectivity index (χ1n) is 13.4. The number of carbonyl (C=O) groups excluding carboxylic acids is 4. The molecule has 3 aliphatic carbocycles. The van der Waals surface area contributed by atoms with Gasteiger partial charge in [0.05, 0.1) is 5.56 Å². The van der Waals surface area contributed by atoms with Crippen molar-refractivity contribution in [2.75, 3.05) is 0 Å². The molecule has 0 amide bonds. The minimum absolute atomic E-state index is 0.0989. The second-order valence-electron chi connectivity index (χ2n) is 12.2. The molecule has 40 heavy (non-hydrogen) atoms. The molecule has 0 bridgehead atoms. The molecule has 1 aromatic rings. The summed E-state index contributed by atoms with van der Waals surface area (Å²) in [4.78, 5) is 53.8. The maximum absolute atomic E-state index is 14.3. The molecule has 0 aromatic heterocycles. The van der Waals surface area contributed by atoms with E-state index in [-0.39, 0.29) is 34.7 Å². The highest BCUT2D eigenvalue weighted by Gasteiger charge is 2.75. The molecule has 0 heterocycles. The van der Waals surface area contributed by atoms with E-state index in [0.29, 0.717) is 5.56 Å². The van der Waals surface area contributed by atoms with Crippen LogP contribution in [0.25, 0.3) is 6.08 Å². The minimum atomic E-state index is -2.81. The third-order valence-corrected chi connectivity index (χ3v) is 9.93. The highest BCUT2D eigenvalue weighted by atomic mass is 16.3. The van der Waals surface area contributed by atoms with Crippen LogP contribution in [0.2, 0.25) is 0 Å². The second kappa shape index (κ2) is 9.15. The van der Waals surface area contributed by atoms with Crippen molar-refractivity contribution < 1.29 is 39.6 Å². The van der Waals surface area contributed by atoms with E-state index < -0.39 is 74.5 Å². The number of carbonyl (C=O) groups is 4. The third-order valence-electron chi connectivity index (χ3n) is 9.93. The van der Waals surface area contributed by atoms with Gasteiger partial charge in [0.15, 0.2) is 17.2 Å². The number of aliphatic hydroxyl groups is 3. The molecular formula is C32H36O8. The molecule has 212 valence electrons. The molecule has 3 aliphatic rings. The monoisotopic (exact) mass is 548 g/mol. The summed E-state index contributed by atoms with van der Waals surface area (Å²) in [6.45, 7) is 14.5. The molecule has 1 unspecified atom stereocenters. The summed E-state index contributed by atoms with van der Waals surface area (Å²) >= 11 is 0. The highest BCUT2D eigenvalue weighted by Crippen LogP contribution is 2.71. The van der Waals surface area contributed by atoms with Crippen LogP contribution >= 0.6 is 0 Å². The average Bonchev–Trinajstić information content (AvgIpc) is 2.84. The number of hydrogen-bond donors (Lipinski definition) is 4. The number of aliphatic hydroxyl groups excluding tert-OH is 2. The van der Waals surface area contributed by atoms with Crippen molar-refractivity contribution in [3.8, 4) is 5.75 Å². The summed E-state index contributed by atoms with van der Waals surface area (Å²) in [5.74, 6) is -7.94. The Kier molecular flexibility index (Phi) is 6.69. The molecule has 0 aliphatic heterocycles. The van der Waals surface area contributed by atoms with Crippen LogP contribution in [-0.2, 0) is 14.4 Å². The number of fused-ring (bicyclic) bond motifs is 3. The van der Waals surface area contributed by atoms with Crippen LogP contribution in [-0.4, -0.2) is 49.2 Å². The van der Waals surface area contributed by atoms with E-state index in [0.717, 1.165) is 6.92 Å². The van der Waals surface area contributed by atoms with Crippen molar-refractivity contribution in [3.05, 3.63) is 63.8 Å². The van der Waals surface area contributed by atoms with Crippen LogP contribution in [0.5, 0.6) is 5.75 Å². The second-order valence-corrected chi connectivity index (χ2v) is 12.2. The first kappa shape index (κ1) is 29.2. The number of phenols is 1. The first-order valence-corrected chi connectivity index (χ1v) is 13.4. The smallest absolute Gasteiger partial charge is 0.209 e. The van der Waals surface area contributed by atoms with Crippen molar-refractivity contribution in [2.24, 2.45) is 28.6 Å². The number of Topliss-reactive ketones (excluding diaryl/α,β-unsaturated/α-hetero) is 4. The van der Waals surface area contributed by atoms with Gasteiger partial charge in [0.2, 0.25) is 5.78 Å². The number of phenolic OH excluding ortho intramolecular Hbond substituents is 1. The number of allylic oxidation sites excluding steroid dienone is 2. The van der Waals surface area contributed by atoms with Gasteiger partial charge in [-0.1, -0.05) is 53.3 Å². The summed E-state index contributed by atoms with van der Waals surface area (Å²) < 4.78 is 0. The quantitative estimate of drug-likeness (QED) is 0.300. The Morgan fingerprint density at radius 1 is 1.12 bits per heavy atom. The Labute approximate surface area is 233 Å². The van der Waals surface area contributed by atoms with E-state index >= 15 is 0 Å². The molecule has 6 atom stereocenters. The number of rotatable bonds is 5. The van der Waals surface area contributed by atoms with Gasteiger partial charge in [-0.25, -0.2) is 0 Å². The summed E-state index contributed by atoms with van der Waals surface area (Å²) in [6, 6.07) is 3.30. The topological polar surface area (TPSA) is 149 Å². The lowest BCUT2D eigenvalue weighted by Crippen LogP contribution is -2.71. The standard InChI is InChI=1S/C32H36O8/c1-9-10-18-11-12-19-16(5)30(7)20(13-15(4)33)31(8)23(14(2)3)26(36)21(17(6)34)28(38)32(31,40)29(39)24(30)27(37)22(19)25(18)35/h10-12,14,16,20,23,35-36,39-40H,1,13H2,2-8H3/t16-,20-,23?,30-,31-,32+/m1/s1. The fourth-order valence-corrected chi connectivity index (χ4v) is 8.10. The third kappa shape index (κ3) is 3.29.